The highest BCUT2D eigenvalue weighted by molar-refractivity contribution is 7.23. The first-order chi connectivity index (χ1) is 19.0. The van der Waals surface area contributed by atoms with Crippen LogP contribution >= 0.6 is 22.7 Å². The molecule has 2 aromatic heterocycles. The number of carbonyl (C=O) groups is 1. The Labute approximate surface area is 233 Å². The summed E-state index contributed by atoms with van der Waals surface area (Å²) >= 11 is 3.26. The van der Waals surface area contributed by atoms with Crippen LogP contribution in [0.25, 0.3) is 26.9 Å². The van der Waals surface area contributed by atoms with E-state index in [9.17, 15) is 14.9 Å². The van der Waals surface area contributed by atoms with Gasteiger partial charge in [0.05, 0.1) is 15.1 Å². The molecule has 0 bridgehead atoms. The first-order valence-electron chi connectivity index (χ1n) is 12.5. The van der Waals surface area contributed by atoms with Gasteiger partial charge in [-0.2, -0.15) is 0 Å². The average Bonchev–Trinajstić information content (AvgIpc) is 3.53. The topological polar surface area (TPSA) is 88.4 Å². The second-order valence-corrected chi connectivity index (χ2v) is 11.4. The zero-order valence-electron chi connectivity index (χ0n) is 20.9. The number of anilines is 1. The van der Waals surface area contributed by atoms with Crippen LogP contribution in [0.5, 0.6) is 0 Å². The van der Waals surface area contributed by atoms with Crippen molar-refractivity contribution in [3.05, 3.63) is 117 Å². The molecule has 0 aliphatic carbocycles. The van der Waals surface area contributed by atoms with Crippen molar-refractivity contribution < 1.29 is 9.72 Å². The van der Waals surface area contributed by atoms with Crippen molar-refractivity contribution in [3.63, 3.8) is 0 Å². The van der Waals surface area contributed by atoms with Gasteiger partial charge in [-0.25, -0.2) is 4.98 Å². The summed E-state index contributed by atoms with van der Waals surface area (Å²) in [5.41, 5.74) is 5.25. The molecule has 1 aliphatic heterocycles. The molecular weight excluding hydrogens is 528 g/mol. The van der Waals surface area contributed by atoms with E-state index in [1.165, 1.54) is 34.2 Å². The van der Waals surface area contributed by atoms with Crippen molar-refractivity contribution in [2.75, 3.05) is 11.9 Å². The number of para-hydroxylation sites is 1. The van der Waals surface area contributed by atoms with E-state index in [2.05, 4.69) is 40.5 Å². The molecule has 0 saturated heterocycles. The molecule has 0 atom stereocenters. The molecule has 5 aromatic rings. The molecule has 39 heavy (non-hydrogen) atoms. The highest BCUT2D eigenvalue weighted by Gasteiger charge is 2.27. The second-order valence-electron chi connectivity index (χ2n) is 9.31. The van der Waals surface area contributed by atoms with Crippen molar-refractivity contribution in [1.82, 2.24) is 9.88 Å². The summed E-state index contributed by atoms with van der Waals surface area (Å²) in [7, 11) is 0. The number of thiophene rings is 1. The van der Waals surface area contributed by atoms with Crippen LogP contribution < -0.4 is 5.32 Å². The quantitative estimate of drug-likeness (QED) is 0.132. The second kappa shape index (κ2) is 10.9. The Hall–Kier alpha value is -4.18. The SMILES string of the molecule is O=C(C=Cc1ccc([N+](=O)[O-])cc1)Nc1sc2c(c1-c1nc3ccccc3s1)CCN(Cc1ccccc1)C2. The van der Waals surface area contributed by atoms with Crippen molar-refractivity contribution in [2.24, 2.45) is 0 Å². The number of nitro benzene ring substituents is 1. The van der Waals surface area contributed by atoms with E-state index in [-0.39, 0.29) is 11.6 Å². The Morgan fingerprint density at radius 3 is 2.56 bits per heavy atom. The predicted molar refractivity (Wildman–Crippen MR) is 158 cm³/mol. The van der Waals surface area contributed by atoms with Crippen molar-refractivity contribution >= 4 is 55.6 Å². The van der Waals surface area contributed by atoms with Crippen LogP contribution in [0.4, 0.5) is 10.7 Å². The van der Waals surface area contributed by atoms with Gasteiger partial charge in [0, 0.05) is 48.3 Å². The van der Waals surface area contributed by atoms with Crippen LogP contribution in [-0.4, -0.2) is 27.3 Å². The Balaban J connectivity index is 1.29. The maximum absolute atomic E-state index is 13.0. The number of nitro groups is 1. The molecular formula is C30H24N4O3S2. The smallest absolute Gasteiger partial charge is 0.269 e. The highest BCUT2D eigenvalue weighted by Crippen LogP contribution is 2.45. The molecule has 9 heteroatoms. The summed E-state index contributed by atoms with van der Waals surface area (Å²) in [4.78, 5) is 32.1. The molecule has 1 amide bonds. The molecule has 0 saturated carbocycles. The third-order valence-electron chi connectivity index (χ3n) is 6.66. The minimum Gasteiger partial charge on any atom is -0.313 e. The van der Waals surface area contributed by atoms with Gasteiger partial charge >= 0.3 is 0 Å². The zero-order chi connectivity index (χ0) is 26.8. The molecule has 3 aromatic carbocycles. The minimum atomic E-state index is -0.441. The molecule has 1 N–H and O–H groups in total. The summed E-state index contributed by atoms with van der Waals surface area (Å²) in [6, 6.07) is 24.7. The van der Waals surface area contributed by atoms with Crippen molar-refractivity contribution in [1.29, 1.82) is 0 Å². The van der Waals surface area contributed by atoms with E-state index < -0.39 is 4.92 Å². The van der Waals surface area contributed by atoms with Crippen LogP contribution in [0, 0.1) is 10.1 Å². The molecule has 6 rings (SSSR count). The molecule has 0 spiro atoms. The third kappa shape index (κ3) is 5.51. The van der Waals surface area contributed by atoms with Gasteiger partial charge in [0.15, 0.2) is 0 Å². The van der Waals surface area contributed by atoms with Crippen molar-refractivity contribution in [2.45, 2.75) is 19.5 Å². The number of nitrogens with zero attached hydrogens (tertiary/aromatic N) is 3. The first-order valence-corrected chi connectivity index (χ1v) is 14.2. The van der Waals surface area contributed by atoms with E-state index in [1.54, 1.807) is 40.9 Å². The van der Waals surface area contributed by atoms with Crippen LogP contribution in [0.3, 0.4) is 0 Å². The maximum atomic E-state index is 13.0. The molecule has 194 valence electrons. The lowest BCUT2D eigenvalue weighted by Crippen LogP contribution is -2.29. The van der Waals surface area contributed by atoms with Gasteiger partial charge in [0.2, 0.25) is 5.91 Å². The van der Waals surface area contributed by atoms with Gasteiger partial charge in [-0.15, -0.1) is 22.7 Å². The van der Waals surface area contributed by atoms with Crippen LogP contribution in [0.1, 0.15) is 21.6 Å². The molecule has 0 radical (unpaired) electrons. The first kappa shape index (κ1) is 25.1. The Morgan fingerprint density at radius 2 is 1.79 bits per heavy atom. The van der Waals surface area contributed by atoms with Crippen LogP contribution in [-0.2, 0) is 24.3 Å². The number of nitrogens with one attached hydrogen (secondary N) is 1. The Kier molecular flexibility index (Phi) is 7.02. The lowest BCUT2D eigenvalue weighted by molar-refractivity contribution is -0.384. The zero-order valence-corrected chi connectivity index (χ0v) is 22.5. The normalized spacial score (nSPS) is 13.5. The fraction of sp³-hybridized carbons (Fsp3) is 0.133. The Morgan fingerprint density at radius 1 is 1.03 bits per heavy atom. The summed E-state index contributed by atoms with van der Waals surface area (Å²) in [6.07, 6.45) is 4.01. The number of rotatable bonds is 7. The van der Waals surface area contributed by atoms with Crippen LogP contribution in [0.2, 0.25) is 0 Å². The predicted octanol–water partition coefficient (Wildman–Crippen LogP) is 7.14. The summed E-state index contributed by atoms with van der Waals surface area (Å²) in [6.45, 7) is 2.64. The van der Waals surface area contributed by atoms with Gasteiger partial charge in [-0.05, 0) is 53.5 Å². The minimum absolute atomic E-state index is 0.0163. The molecule has 0 fully saturated rings. The average molecular weight is 553 g/mol. The van der Waals surface area contributed by atoms with Gasteiger partial charge in [-0.3, -0.25) is 19.8 Å². The highest BCUT2D eigenvalue weighted by atomic mass is 32.1. The molecule has 3 heterocycles. The summed E-state index contributed by atoms with van der Waals surface area (Å²) in [5.74, 6) is -0.254. The van der Waals surface area contributed by atoms with E-state index in [0.717, 1.165) is 51.8 Å². The van der Waals surface area contributed by atoms with Crippen molar-refractivity contribution in [3.8, 4) is 10.6 Å². The van der Waals surface area contributed by atoms with E-state index in [4.69, 9.17) is 4.98 Å². The number of non-ortho nitro benzene ring substituents is 1. The number of carbonyl (C=O) groups excluding carboxylic acids is 1. The van der Waals surface area contributed by atoms with Gasteiger partial charge in [0.1, 0.15) is 10.0 Å². The van der Waals surface area contributed by atoms with E-state index in [1.807, 2.05) is 24.3 Å². The Bertz CT molecular complexity index is 1660. The monoisotopic (exact) mass is 552 g/mol. The maximum Gasteiger partial charge on any atom is 0.269 e. The van der Waals surface area contributed by atoms with E-state index >= 15 is 0 Å². The lowest BCUT2D eigenvalue weighted by Gasteiger charge is -2.27. The molecule has 7 nitrogen and oxygen atoms in total. The fourth-order valence-electron chi connectivity index (χ4n) is 4.76. The number of hydrogen-bond acceptors (Lipinski definition) is 7. The summed E-state index contributed by atoms with van der Waals surface area (Å²) in [5, 5.41) is 15.7. The number of aromatic nitrogens is 1. The van der Waals surface area contributed by atoms with E-state index in [0.29, 0.717) is 5.56 Å². The van der Waals surface area contributed by atoms with Gasteiger partial charge < -0.3 is 5.32 Å². The number of hydrogen-bond donors (Lipinski definition) is 1. The number of benzene rings is 3. The third-order valence-corrected chi connectivity index (χ3v) is 8.85. The lowest BCUT2D eigenvalue weighted by atomic mass is 10.0. The number of fused-ring (bicyclic) bond motifs is 2. The molecule has 0 unspecified atom stereocenters. The molecule has 1 aliphatic rings. The number of amides is 1. The number of thiazole rings is 1. The largest absolute Gasteiger partial charge is 0.313 e. The van der Waals surface area contributed by atoms with Crippen LogP contribution in [0.15, 0.2) is 84.9 Å². The fourth-order valence-corrected chi connectivity index (χ4v) is 7.16. The summed E-state index contributed by atoms with van der Waals surface area (Å²) < 4.78 is 1.12. The standard InChI is InChI=1S/C30H24N4O3S2/c35-27(15-12-20-10-13-22(14-11-20)34(36)37)32-30-28(29-31-24-8-4-5-9-25(24)38-29)23-16-17-33(19-26(23)39-30)18-21-6-2-1-3-7-21/h1-15H,16-19H2,(H,32,35). The van der Waals surface area contributed by atoms with Gasteiger partial charge in [0.25, 0.3) is 5.69 Å². The van der Waals surface area contributed by atoms with Gasteiger partial charge in [-0.1, -0.05) is 42.5 Å².